The number of H-pyrrole nitrogens is 1. The Morgan fingerprint density at radius 3 is 2.32 bits per heavy atom. The van der Waals surface area contributed by atoms with Gasteiger partial charge in [-0.2, -0.15) is 4.98 Å². The molecule has 2 aliphatic heterocycles. The average molecular weight is 549 g/mol. The summed E-state index contributed by atoms with van der Waals surface area (Å²) in [4.78, 5) is 51.0. The number of aliphatic hydroxyl groups is 4. The van der Waals surface area contributed by atoms with Gasteiger partial charge in [0.1, 0.15) is 42.4 Å². The molecule has 9 atom stereocenters. The summed E-state index contributed by atoms with van der Waals surface area (Å²) in [5, 5.41) is 40.7. The van der Waals surface area contributed by atoms with Gasteiger partial charge in [-0.1, -0.05) is 0 Å². The van der Waals surface area contributed by atoms with Gasteiger partial charge in [0.15, 0.2) is 12.5 Å². The van der Waals surface area contributed by atoms with Gasteiger partial charge in [0.25, 0.3) is 5.56 Å². The number of ether oxygens (including phenoxy) is 2. The van der Waals surface area contributed by atoms with E-state index in [0.29, 0.717) is 0 Å². The van der Waals surface area contributed by atoms with E-state index < -0.39 is 87.1 Å². The third kappa shape index (κ3) is 5.58. The van der Waals surface area contributed by atoms with Crippen molar-refractivity contribution in [1.29, 1.82) is 0 Å². The summed E-state index contributed by atoms with van der Waals surface area (Å²) in [5.74, 6) is -0.0838. The number of hydrogen-bond acceptors (Lipinski definition) is 14. The Morgan fingerprint density at radius 2 is 1.68 bits per heavy atom. The van der Waals surface area contributed by atoms with Crippen molar-refractivity contribution in [2.24, 2.45) is 0 Å². The molecule has 204 valence electrons. The van der Waals surface area contributed by atoms with E-state index >= 15 is 0 Å². The third-order valence-corrected chi connectivity index (χ3v) is 6.72. The highest BCUT2D eigenvalue weighted by Crippen LogP contribution is 2.49. The van der Waals surface area contributed by atoms with E-state index in [0.717, 1.165) is 21.4 Å². The van der Waals surface area contributed by atoms with Crippen LogP contribution in [0.4, 0.5) is 5.82 Å². The normalized spacial score (nSPS) is 33.4. The third-order valence-electron chi connectivity index (χ3n) is 5.73. The minimum absolute atomic E-state index is 0.0838. The highest BCUT2D eigenvalue weighted by Gasteiger charge is 2.50. The molecule has 2 fully saturated rings. The van der Waals surface area contributed by atoms with Gasteiger partial charge in [-0.25, -0.2) is 14.2 Å². The van der Waals surface area contributed by atoms with E-state index in [1.165, 1.54) is 12.3 Å². The zero-order chi connectivity index (χ0) is 27.1. The van der Waals surface area contributed by atoms with Crippen LogP contribution in [0.3, 0.4) is 0 Å². The lowest BCUT2D eigenvalue weighted by molar-refractivity contribution is -0.0614. The van der Waals surface area contributed by atoms with E-state index in [1.807, 2.05) is 4.98 Å². The number of nitrogens with two attached hydrogens (primary N) is 1. The number of aromatic nitrogens is 4. The number of rotatable bonds is 8. The fourth-order valence-electron chi connectivity index (χ4n) is 3.92. The van der Waals surface area contributed by atoms with Gasteiger partial charge >= 0.3 is 19.2 Å². The predicted octanol–water partition coefficient (Wildman–Crippen LogP) is -4.25. The number of nitrogens with one attached hydrogen (secondary N) is 1. The van der Waals surface area contributed by atoms with Crippen LogP contribution < -0.4 is 22.7 Å². The molecule has 4 heterocycles. The largest absolute Gasteiger partial charge is 0.472 e. The average Bonchev–Trinajstić information content (AvgIpc) is 3.28. The fraction of sp³-hybridized carbons (Fsp3) is 0.556. The van der Waals surface area contributed by atoms with Gasteiger partial charge in [0.05, 0.1) is 13.2 Å². The summed E-state index contributed by atoms with van der Waals surface area (Å²) >= 11 is 0. The molecule has 9 unspecified atom stereocenters. The standard InChI is InChI=1S/C18H24N5O13P/c19-9-1-3-22(17(29)20-9)15-12(27)11(26)8(35-15)6-33-37(31,32)36-14-7(5-24)34-16(13(14)28)23-4-2-10(25)21-18(23)30/h1-4,7-8,11-16,24,26-28H,5-6H2,(H,31,32)(H2,19,20,29)(H,21,25,30). The zero-order valence-corrected chi connectivity index (χ0v) is 19.6. The number of nitrogen functional groups attached to an aromatic ring is 1. The molecule has 2 aromatic rings. The van der Waals surface area contributed by atoms with Crippen LogP contribution in [0, 0.1) is 0 Å². The Labute approximate surface area is 205 Å². The number of nitrogens with zero attached hydrogens (tertiary/aromatic N) is 3. The van der Waals surface area contributed by atoms with Crippen molar-refractivity contribution in [3.63, 3.8) is 0 Å². The molecule has 18 nitrogen and oxygen atoms in total. The van der Waals surface area contributed by atoms with Gasteiger partial charge in [-0.15, -0.1) is 0 Å². The Morgan fingerprint density at radius 1 is 1.03 bits per heavy atom. The van der Waals surface area contributed by atoms with Crippen LogP contribution in [-0.4, -0.2) is 94.3 Å². The zero-order valence-electron chi connectivity index (χ0n) is 18.7. The highest BCUT2D eigenvalue weighted by molar-refractivity contribution is 7.47. The number of hydrogen-bond donors (Lipinski definition) is 7. The Kier molecular flexibility index (Phi) is 7.77. The molecular formula is C18H24N5O13P. The predicted molar refractivity (Wildman–Crippen MR) is 118 cm³/mol. The molecule has 0 radical (unpaired) electrons. The van der Waals surface area contributed by atoms with Gasteiger partial charge in [0.2, 0.25) is 0 Å². The molecule has 2 aromatic heterocycles. The maximum atomic E-state index is 12.6. The van der Waals surface area contributed by atoms with Crippen LogP contribution in [0.5, 0.6) is 0 Å². The first-order valence-corrected chi connectivity index (χ1v) is 12.2. The lowest BCUT2D eigenvalue weighted by Gasteiger charge is -2.23. The SMILES string of the molecule is Nc1ccn(C2OC(COP(=O)(O)OC3C(CO)OC(n4ccc(=O)[nH]c4=O)C3O)C(O)C2O)c(=O)n1. The van der Waals surface area contributed by atoms with E-state index in [4.69, 9.17) is 24.3 Å². The molecule has 8 N–H and O–H groups in total. The number of phosphoric ester groups is 1. The molecule has 19 heteroatoms. The number of aliphatic hydroxyl groups excluding tert-OH is 4. The summed E-state index contributed by atoms with van der Waals surface area (Å²) in [6, 6.07) is 2.23. The summed E-state index contributed by atoms with van der Waals surface area (Å²) in [6.45, 7) is -1.60. The molecule has 0 amide bonds. The van der Waals surface area contributed by atoms with Crippen molar-refractivity contribution in [1.82, 2.24) is 19.1 Å². The molecular weight excluding hydrogens is 525 g/mol. The summed E-state index contributed by atoms with van der Waals surface area (Å²) in [5.41, 5.74) is 2.88. The van der Waals surface area contributed by atoms with Crippen molar-refractivity contribution in [3.05, 3.63) is 55.8 Å². The first-order valence-electron chi connectivity index (χ1n) is 10.7. The smallest absolute Gasteiger partial charge is 0.394 e. The molecule has 0 aliphatic carbocycles. The number of phosphoric acid groups is 1. The Hall–Kier alpha value is -2.77. The van der Waals surface area contributed by atoms with Crippen molar-refractivity contribution >= 4 is 13.6 Å². The minimum atomic E-state index is -5.04. The van der Waals surface area contributed by atoms with E-state index in [2.05, 4.69) is 4.98 Å². The first kappa shape index (κ1) is 27.3. The maximum Gasteiger partial charge on any atom is 0.472 e. The molecule has 0 saturated carbocycles. The second-order valence-corrected chi connectivity index (χ2v) is 9.58. The van der Waals surface area contributed by atoms with Gasteiger partial charge < -0.3 is 40.5 Å². The molecule has 0 bridgehead atoms. The molecule has 4 rings (SSSR count). The van der Waals surface area contributed by atoms with E-state index in [9.17, 15) is 44.3 Å². The first-order chi connectivity index (χ1) is 17.4. The second kappa shape index (κ2) is 10.5. The van der Waals surface area contributed by atoms with Gasteiger partial charge in [0, 0.05) is 18.5 Å². The molecule has 2 aliphatic rings. The van der Waals surface area contributed by atoms with Crippen molar-refractivity contribution in [3.8, 4) is 0 Å². The Bertz CT molecular complexity index is 1350. The van der Waals surface area contributed by atoms with Gasteiger partial charge in [-0.05, 0) is 6.07 Å². The maximum absolute atomic E-state index is 12.6. The minimum Gasteiger partial charge on any atom is -0.394 e. The lowest BCUT2D eigenvalue weighted by Crippen LogP contribution is -2.39. The molecule has 0 spiro atoms. The Balaban J connectivity index is 1.43. The summed E-state index contributed by atoms with van der Waals surface area (Å²) in [7, 11) is -5.04. The quantitative estimate of drug-likeness (QED) is 0.154. The van der Waals surface area contributed by atoms with Crippen molar-refractivity contribution < 1.29 is 48.4 Å². The summed E-state index contributed by atoms with van der Waals surface area (Å²) in [6.07, 6.45) is -10.2. The monoisotopic (exact) mass is 549 g/mol. The lowest BCUT2D eigenvalue weighted by atomic mass is 10.1. The van der Waals surface area contributed by atoms with Crippen LogP contribution in [0.1, 0.15) is 12.5 Å². The van der Waals surface area contributed by atoms with Gasteiger partial charge in [-0.3, -0.25) is 28.0 Å². The van der Waals surface area contributed by atoms with E-state index in [1.54, 1.807) is 0 Å². The van der Waals surface area contributed by atoms with Crippen LogP contribution in [0.2, 0.25) is 0 Å². The van der Waals surface area contributed by atoms with E-state index in [-0.39, 0.29) is 5.82 Å². The molecule has 37 heavy (non-hydrogen) atoms. The number of anilines is 1. The van der Waals surface area contributed by atoms with Crippen LogP contribution in [-0.2, 0) is 23.1 Å². The van der Waals surface area contributed by atoms with Crippen molar-refractivity contribution in [2.45, 2.75) is 49.1 Å². The van der Waals surface area contributed by atoms with Crippen LogP contribution >= 0.6 is 7.82 Å². The topological polar surface area (TPSA) is 271 Å². The highest BCUT2D eigenvalue weighted by atomic mass is 31.2. The van der Waals surface area contributed by atoms with Crippen LogP contribution in [0.25, 0.3) is 0 Å². The van der Waals surface area contributed by atoms with Crippen molar-refractivity contribution in [2.75, 3.05) is 18.9 Å². The molecule has 0 aromatic carbocycles. The van der Waals surface area contributed by atoms with Crippen LogP contribution in [0.15, 0.2) is 38.9 Å². The second-order valence-electron chi connectivity index (χ2n) is 8.18. The summed E-state index contributed by atoms with van der Waals surface area (Å²) < 4.78 is 34.8. The fourth-order valence-corrected chi connectivity index (χ4v) is 4.89. The number of aromatic amines is 1. The molecule has 2 saturated heterocycles.